The highest BCUT2D eigenvalue weighted by Gasteiger charge is 2.57. The molecular weight excluding hydrogens is 636 g/mol. The molecule has 18 nitrogen and oxygen atoms in total. The van der Waals surface area contributed by atoms with E-state index in [1.54, 1.807) is 0 Å². The summed E-state index contributed by atoms with van der Waals surface area (Å²) in [6.45, 7) is 9.85. The van der Waals surface area contributed by atoms with Crippen LogP contribution >= 0.6 is 0 Å². The Bertz CT molecular complexity index is 1170. The first-order valence-electron chi connectivity index (χ1n) is 14.4. The second-order valence-corrected chi connectivity index (χ2v) is 10.3. The lowest BCUT2D eigenvalue weighted by Crippen LogP contribution is -2.67. The van der Waals surface area contributed by atoms with Crippen LogP contribution in [-0.2, 0) is 85.7 Å². The highest BCUT2D eigenvalue weighted by molar-refractivity contribution is 5.69. The Balaban J connectivity index is 2.72. The molecule has 2 heterocycles. The second-order valence-electron chi connectivity index (χ2n) is 10.3. The number of ether oxygens (including phenoxy) is 11. The van der Waals surface area contributed by atoms with E-state index < -0.39 is 116 Å². The zero-order valence-electron chi connectivity index (χ0n) is 27.0. The summed E-state index contributed by atoms with van der Waals surface area (Å²) < 4.78 is 61.3. The minimum absolute atomic E-state index is 0.110. The van der Waals surface area contributed by atoms with E-state index in [1.165, 1.54) is 6.08 Å². The third kappa shape index (κ3) is 12.2. The van der Waals surface area contributed by atoms with E-state index in [0.717, 1.165) is 48.5 Å². The maximum atomic E-state index is 12.3. The van der Waals surface area contributed by atoms with Gasteiger partial charge in [0.15, 0.2) is 43.1 Å². The molecule has 0 spiro atoms. The molecule has 0 N–H and O–H groups in total. The van der Waals surface area contributed by atoms with Gasteiger partial charge in [-0.2, -0.15) is 0 Å². The first-order chi connectivity index (χ1) is 22.0. The standard InChI is InChI=1S/C29H40O18/c1-9-10-37-28-26(43-18(7)35)25(42-17(6)34)23(21(45-28)12-39-14(3)31)47-29-27(44-19(8)36)24(41-16(5)33)22(40-15(4)32)20(46-29)11-38-13(2)30/h9,20-29H,1,10-12H2,2-8H3/t20-,21-,22+,23-,24+,25+,26-,27-,28-,29+/m1/s1. The molecule has 0 aromatic carbocycles. The average molecular weight is 677 g/mol. The summed E-state index contributed by atoms with van der Waals surface area (Å²) in [5.41, 5.74) is 0. The van der Waals surface area contributed by atoms with Gasteiger partial charge in [0.05, 0.1) is 6.61 Å². The molecule has 0 aromatic rings. The largest absolute Gasteiger partial charge is 0.463 e. The van der Waals surface area contributed by atoms with E-state index in [9.17, 15) is 33.6 Å². The molecule has 0 aromatic heterocycles. The molecule has 0 saturated carbocycles. The van der Waals surface area contributed by atoms with Crippen LogP contribution in [-0.4, -0.2) is 123 Å². The van der Waals surface area contributed by atoms with Gasteiger partial charge in [0.1, 0.15) is 31.5 Å². The van der Waals surface area contributed by atoms with E-state index in [4.69, 9.17) is 52.1 Å². The Kier molecular flexibility index (Phi) is 15.2. The molecule has 18 heteroatoms. The number of hydrogen-bond acceptors (Lipinski definition) is 18. The van der Waals surface area contributed by atoms with Crippen molar-refractivity contribution >= 4 is 41.8 Å². The van der Waals surface area contributed by atoms with Gasteiger partial charge in [-0.3, -0.25) is 33.6 Å². The maximum absolute atomic E-state index is 12.3. The van der Waals surface area contributed by atoms with Crippen LogP contribution in [0.15, 0.2) is 12.7 Å². The molecule has 2 aliphatic heterocycles. The molecule has 2 saturated heterocycles. The zero-order chi connectivity index (χ0) is 35.4. The van der Waals surface area contributed by atoms with Crippen LogP contribution in [0, 0.1) is 0 Å². The smallest absolute Gasteiger partial charge is 0.303 e. The van der Waals surface area contributed by atoms with Crippen molar-refractivity contribution < 1.29 is 85.7 Å². The molecule has 2 aliphatic rings. The van der Waals surface area contributed by atoms with Gasteiger partial charge in [-0.15, -0.1) is 6.58 Å². The normalized spacial score (nSPS) is 30.1. The van der Waals surface area contributed by atoms with Crippen molar-refractivity contribution in [1.82, 2.24) is 0 Å². The molecule has 10 atom stereocenters. The van der Waals surface area contributed by atoms with Crippen LogP contribution in [0.4, 0.5) is 0 Å². The van der Waals surface area contributed by atoms with Crippen molar-refractivity contribution in [1.29, 1.82) is 0 Å². The van der Waals surface area contributed by atoms with Gasteiger partial charge in [0.2, 0.25) is 0 Å². The SMILES string of the molecule is C=CCO[C@@H]1O[C@H](COC(C)=O)[C@@H](O[C@@H]2O[C@H](COC(C)=O)[C@H](OC(C)=O)[C@H](OC(C)=O)[C@H]2OC(C)=O)[C@H](OC(C)=O)[C@H]1OC(C)=O. The number of carbonyl (C=O) groups is 7. The van der Waals surface area contributed by atoms with E-state index in [0.29, 0.717) is 0 Å². The van der Waals surface area contributed by atoms with Crippen LogP contribution < -0.4 is 0 Å². The monoisotopic (exact) mass is 676 g/mol. The van der Waals surface area contributed by atoms with Gasteiger partial charge in [-0.05, 0) is 0 Å². The second kappa shape index (κ2) is 18.3. The summed E-state index contributed by atoms with van der Waals surface area (Å²) >= 11 is 0. The van der Waals surface area contributed by atoms with Gasteiger partial charge in [-0.1, -0.05) is 6.08 Å². The molecule has 2 fully saturated rings. The Hall–Kier alpha value is -4.13. The van der Waals surface area contributed by atoms with E-state index >= 15 is 0 Å². The summed E-state index contributed by atoms with van der Waals surface area (Å²) in [5, 5.41) is 0. The molecule has 0 aliphatic carbocycles. The molecule has 0 unspecified atom stereocenters. The van der Waals surface area contributed by atoms with Crippen LogP contribution in [0.1, 0.15) is 48.5 Å². The van der Waals surface area contributed by atoms with Gasteiger partial charge >= 0.3 is 41.8 Å². The lowest BCUT2D eigenvalue weighted by Gasteiger charge is -2.48. The summed E-state index contributed by atoms with van der Waals surface area (Å²) in [6, 6.07) is 0. The Morgan fingerprint density at radius 3 is 1.30 bits per heavy atom. The zero-order valence-corrected chi connectivity index (χ0v) is 27.0. The first-order valence-corrected chi connectivity index (χ1v) is 14.4. The molecule has 264 valence electrons. The average Bonchev–Trinajstić information content (AvgIpc) is 2.94. The lowest BCUT2D eigenvalue weighted by molar-refractivity contribution is -0.360. The molecule has 0 amide bonds. The number of rotatable bonds is 14. The number of hydrogen-bond donors (Lipinski definition) is 0. The Morgan fingerprint density at radius 1 is 0.511 bits per heavy atom. The topological polar surface area (TPSA) is 221 Å². The highest BCUT2D eigenvalue weighted by atomic mass is 16.8. The predicted molar refractivity (Wildman–Crippen MR) is 149 cm³/mol. The van der Waals surface area contributed by atoms with Crippen molar-refractivity contribution in [3.05, 3.63) is 12.7 Å². The van der Waals surface area contributed by atoms with Gasteiger partial charge in [0, 0.05) is 48.5 Å². The summed E-state index contributed by atoms with van der Waals surface area (Å²) in [6.07, 6.45) is -13.9. The summed E-state index contributed by atoms with van der Waals surface area (Å²) in [4.78, 5) is 84.6. The van der Waals surface area contributed by atoms with E-state index in [2.05, 4.69) is 6.58 Å². The molecule has 0 bridgehead atoms. The van der Waals surface area contributed by atoms with Crippen molar-refractivity contribution in [3.8, 4) is 0 Å². The van der Waals surface area contributed by atoms with Crippen LogP contribution in [0.25, 0.3) is 0 Å². The lowest BCUT2D eigenvalue weighted by atomic mass is 9.96. The van der Waals surface area contributed by atoms with E-state index in [1.807, 2.05) is 0 Å². The van der Waals surface area contributed by atoms with Crippen molar-refractivity contribution in [3.63, 3.8) is 0 Å². The number of esters is 7. The Labute approximate surface area is 270 Å². The third-order valence-corrected chi connectivity index (χ3v) is 6.26. The van der Waals surface area contributed by atoms with Gasteiger partial charge in [0.25, 0.3) is 0 Å². The fourth-order valence-electron chi connectivity index (χ4n) is 4.77. The quantitative estimate of drug-likeness (QED) is 0.132. The molecule has 2 rings (SSSR count). The van der Waals surface area contributed by atoms with Gasteiger partial charge < -0.3 is 52.1 Å². The number of carbonyl (C=O) groups excluding carboxylic acids is 7. The summed E-state index contributed by atoms with van der Waals surface area (Å²) in [5.74, 6) is -5.81. The molecular formula is C29H40O18. The predicted octanol–water partition coefficient (Wildman–Crippen LogP) is -0.191. The minimum atomic E-state index is -1.77. The van der Waals surface area contributed by atoms with Crippen molar-refractivity contribution in [2.45, 2.75) is 110 Å². The maximum Gasteiger partial charge on any atom is 0.303 e. The molecule has 0 radical (unpaired) electrons. The van der Waals surface area contributed by atoms with Crippen molar-refractivity contribution in [2.24, 2.45) is 0 Å². The fourth-order valence-corrected chi connectivity index (χ4v) is 4.77. The molecule has 47 heavy (non-hydrogen) atoms. The highest BCUT2D eigenvalue weighted by Crippen LogP contribution is 2.35. The Morgan fingerprint density at radius 2 is 0.872 bits per heavy atom. The summed E-state index contributed by atoms with van der Waals surface area (Å²) in [7, 11) is 0. The van der Waals surface area contributed by atoms with Crippen LogP contribution in [0.3, 0.4) is 0 Å². The first kappa shape index (κ1) is 39.1. The van der Waals surface area contributed by atoms with E-state index in [-0.39, 0.29) is 6.61 Å². The van der Waals surface area contributed by atoms with Crippen LogP contribution in [0.2, 0.25) is 0 Å². The minimum Gasteiger partial charge on any atom is -0.463 e. The third-order valence-electron chi connectivity index (χ3n) is 6.26. The van der Waals surface area contributed by atoms with Crippen molar-refractivity contribution in [2.75, 3.05) is 19.8 Å². The fraction of sp³-hybridized carbons (Fsp3) is 0.690. The van der Waals surface area contributed by atoms with Gasteiger partial charge in [-0.25, -0.2) is 0 Å². The van der Waals surface area contributed by atoms with Crippen LogP contribution in [0.5, 0.6) is 0 Å².